The molecule has 0 atom stereocenters. The van der Waals surface area contributed by atoms with E-state index in [4.69, 9.17) is 4.98 Å². The van der Waals surface area contributed by atoms with E-state index < -0.39 is 0 Å². The fourth-order valence-corrected chi connectivity index (χ4v) is 3.69. The third kappa shape index (κ3) is 3.36. The Morgan fingerprint density at radius 3 is 2.81 bits per heavy atom. The Kier molecular flexibility index (Phi) is 4.50. The molecular weight excluding hydrogens is 344 g/mol. The van der Waals surface area contributed by atoms with Crippen molar-refractivity contribution < 1.29 is 4.79 Å². The van der Waals surface area contributed by atoms with Gasteiger partial charge in [0.15, 0.2) is 4.96 Å². The SMILES string of the molecule is CCc1ccc(-c2cn3c(CC(=O)Nc4cccnc4)csc3n2)cc1. The molecule has 3 aromatic heterocycles. The van der Waals surface area contributed by atoms with Crippen LogP contribution in [0.1, 0.15) is 18.2 Å². The van der Waals surface area contributed by atoms with Gasteiger partial charge in [0, 0.05) is 29.0 Å². The van der Waals surface area contributed by atoms with Crippen molar-refractivity contribution in [3.05, 3.63) is 71.6 Å². The Morgan fingerprint density at radius 1 is 1.23 bits per heavy atom. The predicted molar refractivity (Wildman–Crippen MR) is 104 cm³/mol. The van der Waals surface area contributed by atoms with E-state index in [2.05, 4.69) is 41.5 Å². The van der Waals surface area contributed by atoms with E-state index in [9.17, 15) is 4.79 Å². The highest BCUT2D eigenvalue weighted by molar-refractivity contribution is 7.15. The molecule has 6 heteroatoms. The second kappa shape index (κ2) is 7.09. The number of rotatable bonds is 5. The molecule has 0 saturated carbocycles. The summed E-state index contributed by atoms with van der Waals surface area (Å²) in [4.78, 5) is 21.9. The van der Waals surface area contributed by atoms with Crippen molar-refractivity contribution in [1.82, 2.24) is 14.4 Å². The van der Waals surface area contributed by atoms with Crippen molar-refractivity contribution in [2.45, 2.75) is 19.8 Å². The van der Waals surface area contributed by atoms with Gasteiger partial charge < -0.3 is 5.32 Å². The van der Waals surface area contributed by atoms with Crippen molar-refractivity contribution >= 4 is 27.9 Å². The minimum Gasteiger partial charge on any atom is -0.324 e. The Bertz CT molecular complexity index is 1030. The van der Waals surface area contributed by atoms with Gasteiger partial charge in [-0.15, -0.1) is 11.3 Å². The smallest absolute Gasteiger partial charge is 0.230 e. The average Bonchev–Trinajstić information content (AvgIpc) is 3.25. The second-order valence-electron chi connectivity index (χ2n) is 6.02. The number of nitrogens with zero attached hydrogens (tertiary/aromatic N) is 3. The summed E-state index contributed by atoms with van der Waals surface area (Å²) in [6, 6.07) is 12.1. The first kappa shape index (κ1) is 16.5. The molecule has 3 heterocycles. The van der Waals surface area contributed by atoms with Crippen LogP contribution in [-0.4, -0.2) is 20.3 Å². The van der Waals surface area contributed by atoms with Crippen molar-refractivity contribution in [3.63, 3.8) is 0 Å². The lowest BCUT2D eigenvalue weighted by Gasteiger charge is -2.03. The second-order valence-corrected chi connectivity index (χ2v) is 6.86. The monoisotopic (exact) mass is 362 g/mol. The van der Waals surface area contributed by atoms with Gasteiger partial charge in [-0.2, -0.15) is 0 Å². The van der Waals surface area contributed by atoms with Crippen LogP contribution in [0, 0.1) is 0 Å². The fourth-order valence-electron chi connectivity index (χ4n) is 2.81. The lowest BCUT2D eigenvalue weighted by atomic mass is 10.1. The zero-order chi connectivity index (χ0) is 17.9. The van der Waals surface area contributed by atoms with Crippen molar-refractivity contribution in [3.8, 4) is 11.3 Å². The number of fused-ring (bicyclic) bond motifs is 1. The van der Waals surface area contributed by atoms with E-state index in [0.29, 0.717) is 12.1 Å². The molecule has 0 unspecified atom stereocenters. The molecule has 4 aromatic rings. The summed E-state index contributed by atoms with van der Waals surface area (Å²) in [5, 5.41) is 4.85. The van der Waals surface area contributed by atoms with Crippen LogP contribution in [0.4, 0.5) is 5.69 Å². The van der Waals surface area contributed by atoms with Gasteiger partial charge in [0.2, 0.25) is 5.91 Å². The molecule has 1 aromatic carbocycles. The molecule has 0 aliphatic carbocycles. The number of benzene rings is 1. The number of carbonyl (C=O) groups is 1. The summed E-state index contributed by atoms with van der Waals surface area (Å²) in [5.41, 5.74) is 4.95. The number of anilines is 1. The summed E-state index contributed by atoms with van der Waals surface area (Å²) in [6.45, 7) is 2.14. The van der Waals surface area contributed by atoms with Crippen LogP contribution < -0.4 is 5.32 Å². The minimum absolute atomic E-state index is 0.0692. The van der Waals surface area contributed by atoms with Gasteiger partial charge in [-0.3, -0.25) is 14.2 Å². The van der Waals surface area contributed by atoms with Gasteiger partial charge in [0.1, 0.15) is 0 Å². The van der Waals surface area contributed by atoms with E-state index in [-0.39, 0.29) is 5.91 Å². The van der Waals surface area contributed by atoms with Crippen LogP contribution in [0.5, 0.6) is 0 Å². The van der Waals surface area contributed by atoms with Gasteiger partial charge >= 0.3 is 0 Å². The molecule has 0 aliphatic heterocycles. The number of hydrogen-bond donors (Lipinski definition) is 1. The summed E-state index contributed by atoms with van der Waals surface area (Å²) in [6.07, 6.45) is 6.63. The molecule has 0 bridgehead atoms. The number of thiazole rings is 1. The average molecular weight is 362 g/mol. The van der Waals surface area contributed by atoms with E-state index in [1.165, 1.54) is 5.56 Å². The Labute approximate surface area is 155 Å². The number of hydrogen-bond acceptors (Lipinski definition) is 4. The number of imidazole rings is 1. The largest absolute Gasteiger partial charge is 0.324 e. The Balaban J connectivity index is 1.55. The van der Waals surface area contributed by atoms with Gasteiger partial charge in [-0.1, -0.05) is 31.2 Å². The summed E-state index contributed by atoms with van der Waals surface area (Å²) >= 11 is 1.54. The van der Waals surface area contributed by atoms with Gasteiger partial charge in [0.25, 0.3) is 0 Å². The third-order valence-corrected chi connectivity index (χ3v) is 5.12. The maximum Gasteiger partial charge on any atom is 0.230 e. The third-order valence-electron chi connectivity index (χ3n) is 4.23. The molecule has 4 rings (SSSR count). The minimum atomic E-state index is -0.0692. The van der Waals surface area contributed by atoms with Crippen molar-refractivity contribution in [2.75, 3.05) is 5.32 Å². The molecule has 1 amide bonds. The molecule has 0 spiro atoms. The van der Waals surface area contributed by atoms with Crippen LogP contribution >= 0.6 is 11.3 Å². The van der Waals surface area contributed by atoms with E-state index in [1.54, 1.807) is 29.8 Å². The lowest BCUT2D eigenvalue weighted by Crippen LogP contribution is -2.15. The molecule has 0 aliphatic rings. The zero-order valence-corrected chi connectivity index (χ0v) is 15.2. The maximum atomic E-state index is 12.3. The highest BCUT2D eigenvalue weighted by atomic mass is 32.1. The normalized spacial score (nSPS) is 11.0. The molecule has 0 saturated heterocycles. The molecule has 5 nitrogen and oxygen atoms in total. The molecule has 1 N–H and O–H groups in total. The fraction of sp³-hybridized carbons (Fsp3) is 0.150. The highest BCUT2D eigenvalue weighted by Gasteiger charge is 2.13. The van der Waals surface area contributed by atoms with Crippen molar-refractivity contribution in [1.29, 1.82) is 0 Å². The first-order valence-electron chi connectivity index (χ1n) is 8.47. The van der Waals surface area contributed by atoms with Gasteiger partial charge in [-0.05, 0) is 24.1 Å². The van der Waals surface area contributed by atoms with Crippen LogP contribution in [0.3, 0.4) is 0 Å². The van der Waals surface area contributed by atoms with Crippen LogP contribution in [-0.2, 0) is 17.6 Å². The van der Waals surface area contributed by atoms with E-state index in [0.717, 1.165) is 28.3 Å². The first-order chi connectivity index (χ1) is 12.7. The molecule has 0 fully saturated rings. The Morgan fingerprint density at radius 2 is 2.08 bits per heavy atom. The highest BCUT2D eigenvalue weighted by Crippen LogP contribution is 2.24. The number of pyridine rings is 1. The van der Waals surface area contributed by atoms with Crippen LogP contribution in [0.25, 0.3) is 16.2 Å². The quantitative estimate of drug-likeness (QED) is 0.579. The maximum absolute atomic E-state index is 12.3. The molecule has 0 radical (unpaired) electrons. The molecular formula is C20H18N4OS. The summed E-state index contributed by atoms with van der Waals surface area (Å²) in [7, 11) is 0. The van der Waals surface area contributed by atoms with E-state index in [1.807, 2.05) is 22.0 Å². The summed E-state index contributed by atoms with van der Waals surface area (Å²) in [5.74, 6) is -0.0692. The van der Waals surface area contributed by atoms with Crippen LogP contribution in [0.2, 0.25) is 0 Å². The van der Waals surface area contributed by atoms with Crippen molar-refractivity contribution in [2.24, 2.45) is 0 Å². The number of carbonyl (C=O) groups excluding carboxylic acids is 1. The molecule has 26 heavy (non-hydrogen) atoms. The number of aryl methyl sites for hydroxylation is 1. The molecule has 130 valence electrons. The zero-order valence-electron chi connectivity index (χ0n) is 14.3. The summed E-state index contributed by atoms with van der Waals surface area (Å²) < 4.78 is 2.00. The van der Waals surface area contributed by atoms with Gasteiger partial charge in [-0.25, -0.2) is 4.98 Å². The standard InChI is InChI=1S/C20H18N4OS/c1-2-14-5-7-15(8-6-14)18-12-24-17(13-26-20(24)23-18)10-19(25)22-16-4-3-9-21-11-16/h3-9,11-13H,2,10H2,1H3,(H,22,25). The van der Waals surface area contributed by atoms with E-state index >= 15 is 0 Å². The lowest BCUT2D eigenvalue weighted by molar-refractivity contribution is -0.115. The number of amides is 1. The Hall–Kier alpha value is -2.99. The predicted octanol–water partition coefficient (Wildman–Crippen LogP) is 4.20. The number of aromatic nitrogens is 3. The number of nitrogens with one attached hydrogen (secondary N) is 1. The topological polar surface area (TPSA) is 59.3 Å². The first-order valence-corrected chi connectivity index (χ1v) is 9.35. The van der Waals surface area contributed by atoms with Crippen LogP contribution in [0.15, 0.2) is 60.4 Å². The van der Waals surface area contributed by atoms with Gasteiger partial charge in [0.05, 0.1) is 24.0 Å².